The molecule has 2 atom stereocenters. The summed E-state index contributed by atoms with van der Waals surface area (Å²) in [6, 6.07) is 10.6. The molecule has 1 aliphatic heterocycles. The van der Waals surface area contributed by atoms with Gasteiger partial charge in [0.2, 0.25) is 0 Å². The average molecular weight is 257 g/mol. The molecule has 3 heteroatoms. The Bertz CT molecular complexity index is 418. The Balaban J connectivity index is 2.30. The van der Waals surface area contributed by atoms with Crippen LogP contribution >= 0.6 is 0 Å². The number of hydrogen-bond donors (Lipinski definition) is 1. The van der Waals surface area contributed by atoms with Crippen LogP contribution < -0.4 is 5.73 Å². The number of hydrogen-bond acceptors (Lipinski definition) is 3. The number of rotatable bonds is 3. The first-order valence-corrected chi connectivity index (χ1v) is 7.24. The smallest absolute Gasteiger partial charge is 0.0991 e. The van der Waals surface area contributed by atoms with E-state index < -0.39 is 0 Å². The van der Waals surface area contributed by atoms with Crippen molar-refractivity contribution in [2.24, 2.45) is 11.7 Å². The lowest BCUT2D eigenvalue weighted by Crippen LogP contribution is -2.35. The lowest BCUT2D eigenvalue weighted by molar-refractivity contribution is 0.166. The maximum absolute atomic E-state index is 8.90. The number of nitrogens with zero attached hydrogens (tertiary/aromatic N) is 2. The number of nitriles is 1. The highest BCUT2D eigenvalue weighted by molar-refractivity contribution is 5.33. The molecule has 1 heterocycles. The van der Waals surface area contributed by atoms with Gasteiger partial charge in [-0.05, 0) is 56.1 Å². The summed E-state index contributed by atoms with van der Waals surface area (Å²) < 4.78 is 0. The minimum atomic E-state index is 0.408. The second-order valence-corrected chi connectivity index (χ2v) is 5.30. The molecule has 0 aliphatic carbocycles. The highest BCUT2D eigenvalue weighted by Gasteiger charge is 2.29. The minimum Gasteiger partial charge on any atom is -0.330 e. The van der Waals surface area contributed by atoms with Gasteiger partial charge in [0, 0.05) is 6.04 Å². The molecule has 0 radical (unpaired) electrons. The molecule has 1 saturated heterocycles. The summed E-state index contributed by atoms with van der Waals surface area (Å²) in [5, 5.41) is 8.90. The molecule has 0 amide bonds. The second-order valence-electron chi connectivity index (χ2n) is 5.30. The van der Waals surface area contributed by atoms with Crippen molar-refractivity contribution in [1.82, 2.24) is 4.90 Å². The van der Waals surface area contributed by atoms with Crippen molar-refractivity contribution >= 4 is 0 Å². The summed E-state index contributed by atoms with van der Waals surface area (Å²) in [4.78, 5) is 2.53. The van der Waals surface area contributed by atoms with Crippen LogP contribution in [-0.2, 0) is 0 Å². The van der Waals surface area contributed by atoms with Gasteiger partial charge in [-0.3, -0.25) is 4.90 Å². The first-order chi connectivity index (χ1) is 9.30. The molecule has 0 bridgehead atoms. The normalized spacial score (nSPS) is 24.7. The molecule has 1 aliphatic rings. The van der Waals surface area contributed by atoms with E-state index in [1.54, 1.807) is 0 Å². The zero-order valence-electron chi connectivity index (χ0n) is 11.7. The highest BCUT2D eigenvalue weighted by Crippen LogP contribution is 2.34. The van der Waals surface area contributed by atoms with E-state index in [9.17, 15) is 0 Å². The minimum absolute atomic E-state index is 0.408. The molecule has 1 fully saturated rings. The number of benzene rings is 1. The Labute approximate surface area is 116 Å². The summed E-state index contributed by atoms with van der Waals surface area (Å²) in [5.74, 6) is 0.524. The Hall–Kier alpha value is -1.37. The lowest BCUT2D eigenvalue weighted by Gasteiger charge is -2.34. The van der Waals surface area contributed by atoms with E-state index in [-0.39, 0.29) is 0 Å². The maximum Gasteiger partial charge on any atom is 0.0991 e. The van der Waals surface area contributed by atoms with Gasteiger partial charge >= 0.3 is 0 Å². The van der Waals surface area contributed by atoms with Crippen LogP contribution in [0.5, 0.6) is 0 Å². The van der Waals surface area contributed by atoms with E-state index in [0.717, 1.165) is 25.2 Å². The van der Waals surface area contributed by atoms with Gasteiger partial charge in [0.1, 0.15) is 0 Å². The number of likely N-dealkylation sites (tertiary alicyclic amines) is 1. The van der Waals surface area contributed by atoms with E-state index in [0.29, 0.717) is 12.0 Å². The largest absolute Gasteiger partial charge is 0.330 e. The maximum atomic E-state index is 8.90. The molecule has 2 rings (SSSR count). The molecular weight excluding hydrogens is 234 g/mol. The Kier molecular flexibility index (Phi) is 4.95. The van der Waals surface area contributed by atoms with Crippen molar-refractivity contribution in [3.05, 3.63) is 35.4 Å². The van der Waals surface area contributed by atoms with Gasteiger partial charge in [0.15, 0.2) is 0 Å². The van der Waals surface area contributed by atoms with E-state index in [4.69, 9.17) is 11.0 Å². The summed E-state index contributed by atoms with van der Waals surface area (Å²) in [7, 11) is 0. The molecule has 1 aromatic carbocycles. The van der Waals surface area contributed by atoms with Crippen LogP contribution in [0.1, 0.15) is 43.4 Å². The van der Waals surface area contributed by atoms with Crippen molar-refractivity contribution in [3.63, 3.8) is 0 Å². The Morgan fingerprint density at radius 1 is 1.32 bits per heavy atom. The van der Waals surface area contributed by atoms with Gasteiger partial charge in [0.05, 0.1) is 11.6 Å². The highest BCUT2D eigenvalue weighted by atomic mass is 15.2. The zero-order valence-corrected chi connectivity index (χ0v) is 11.7. The molecule has 2 N–H and O–H groups in total. The third-order valence-corrected chi connectivity index (χ3v) is 4.20. The monoisotopic (exact) mass is 257 g/mol. The fraction of sp³-hybridized carbons (Fsp3) is 0.562. The van der Waals surface area contributed by atoms with Crippen LogP contribution in [0.3, 0.4) is 0 Å². The van der Waals surface area contributed by atoms with E-state index in [2.05, 4.69) is 30.0 Å². The fourth-order valence-corrected chi connectivity index (χ4v) is 3.16. The lowest BCUT2D eigenvalue weighted by atomic mass is 9.89. The molecule has 2 unspecified atom stereocenters. The van der Waals surface area contributed by atoms with Gasteiger partial charge in [0.25, 0.3) is 0 Å². The fourth-order valence-electron chi connectivity index (χ4n) is 3.16. The Morgan fingerprint density at radius 2 is 2.05 bits per heavy atom. The molecular formula is C16H23N3. The van der Waals surface area contributed by atoms with Crippen molar-refractivity contribution in [2.45, 2.75) is 32.2 Å². The number of nitrogens with two attached hydrogens (primary N) is 1. The Morgan fingerprint density at radius 3 is 2.63 bits per heavy atom. The van der Waals surface area contributed by atoms with Gasteiger partial charge < -0.3 is 5.73 Å². The molecule has 0 saturated carbocycles. The summed E-state index contributed by atoms with van der Waals surface area (Å²) in [5.41, 5.74) is 8.02. The topological polar surface area (TPSA) is 53.0 Å². The van der Waals surface area contributed by atoms with Crippen LogP contribution in [0, 0.1) is 17.2 Å². The summed E-state index contributed by atoms with van der Waals surface area (Å²) >= 11 is 0. The third-order valence-electron chi connectivity index (χ3n) is 4.20. The zero-order chi connectivity index (χ0) is 13.7. The molecule has 3 nitrogen and oxygen atoms in total. The first-order valence-electron chi connectivity index (χ1n) is 7.24. The molecule has 102 valence electrons. The van der Waals surface area contributed by atoms with Crippen molar-refractivity contribution in [3.8, 4) is 6.07 Å². The van der Waals surface area contributed by atoms with Crippen molar-refractivity contribution in [1.29, 1.82) is 5.26 Å². The standard InChI is InChI=1S/C16H23N3/c1-2-19-10-4-3-5-15(12-18)16(19)14-8-6-13(11-17)7-9-14/h6-9,15-16H,2-5,10,12,18H2,1H3. The van der Waals surface area contributed by atoms with Crippen molar-refractivity contribution in [2.75, 3.05) is 19.6 Å². The van der Waals surface area contributed by atoms with Crippen LogP contribution in [0.4, 0.5) is 0 Å². The SMILES string of the molecule is CCN1CCCCC(CN)C1c1ccc(C#N)cc1. The molecule has 19 heavy (non-hydrogen) atoms. The quantitative estimate of drug-likeness (QED) is 0.905. The van der Waals surface area contributed by atoms with Crippen LogP contribution in [0.15, 0.2) is 24.3 Å². The summed E-state index contributed by atoms with van der Waals surface area (Å²) in [6.45, 7) is 5.16. The summed E-state index contributed by atoms with van der Waals surface area (Å²) in [6.07, 6.45) is 3.74. The van der Waals surface area contributed by atoms with Gasteiger partial charge in [-0.2, -0.15) is 5.26 Å². The van der Waals surface area contributed by atoms with Gasteiger partial charge in [-0.25, -0.2) is 0 Å². The second kappa shape index (κ2) is 6.70. The van der Waals surface area contributed by atoms with Gasteiger partial charge in [-0.1, -0.05) is 25.5 Å². The van der Waals surface area contributed by atoms with Crippen molar-refractivity contribution < 1.29 is 0 Å². The predicted molar refractivity (Wildman–Crippen MR) is 77.5 cm³/mol. The molecule has 1 aromatic rings. The molecule has 0 spiro atoms. The molecule has 0 aromatic heterocycles. The van der Waals surface area contributed by atoms with E-state index in [1.807, 2.05) is 12.1 Å². The first kappa shape index (κ1) is 14.0. The van der Waals surface area contributed by atoms with Gasteiger partial charge in [-0.15, -0.1) is 0 Å². The third kappa shape index (κ3) is 3.15. The van der Waals surface area contributed by atoms with Crippen LogP contribution in [-0.4, -0.2) is 24.5 Å². The predicted octanol–water partition coefficient (Wildman–Crippen LogP) is 2.68. The van der Waals surface area contributed by atoms with Crippen LogP contribution in [0.25, 0.3) is 0 Å². The van der Waals surface area contributed by atoms with E-state index in [1.165, 1.54) is 24.8 Å². The van der Waals surface area contributed by atoms with Crippen LogP contribution in [0.2, 0.25) is 0 Å². The van der Waals surface area contributed by atoms with E-state index >= 15 is 0 Å². The average Bonchev–Trinajstić information content (AvgIpc) is 2.68.